The van der Waals surface area contributed by atoms with Crippen molar-refractivity contribution in [2.75, 3.05) is 18.2 Å². The molecule has 0 saturated carbocycles. The maximum absolute atomic E-state index is 12.8. The van der Waals surface area contributed by atoms with Crippen LogP contribution in [0.25, 0.3) is 0 Å². The van der Waals surface area contributed by atoms with Gasteiger partial charge in [0, 0.05) is 18.7 Å². The third kappa shape index (κ3) is 4.48. The second-order valence-corrected chi connectivity index (χ2v) is 6.31. The fourth-order valence-electron chi connectivity index (χ4n) is 2.49. The molecule has 2 amide bonds. The van der Waals surface area contributed by atoms with Gasteiger partial charge in [0.2, 0.25) is 11.8 Å². The number of nitrogens with zero attached hydrogens (tertiary/aromatic N) is 2. The molecule has 0 aromatic heterocycles. The van der Waals surface area contributed by atoms with Gasteiger partial charge in [0.15, 0.2) is 0 Å². The lowest BCUT2D eigenvalue weighted by molar-refractivity contribution is -0.149. The highest BCUT2D eigenvalue weighted by Gasteiger charge is 2.36. The minimum atomic E-state index is -1.06. The molecule has 1 unspecified atom stereocenters. The second-order valence-electron chi connectivity index (χ2n) is 5.31. The van der Waals surface area contributed by atoms with E-state index >= 15 is 0 Å². The van der Waals surface area contributed by atoms with Crippen LogP contribution in [0.15, 0.2) is 30.3 Å². The molecule has 0 aliphatic carbocycles. The topological polar surface area (TPSA) is 77.9 Å². The van der Waals surface area contributed by atoms with Crippen LogP contribution < -0.4 is 0 Å². The maximum atomic E-state index is 12.8. The Labute approximate surface area is 139 Å². The van der Waals surface area contributed by atoms with E-state index < -0.39 is 12.0 Å². The monoisotopic (exact) mass is 336 g/mol. The van der Waals surface area contributed by atoms with Crippen molar-refractivity contribution in [2.45, 2.75) is 25.9 Å². The van der Waals surface area contributed by atoms with E-state index in [1.807, 2.05) is 30.3 Å². The first-order chi connectivity index (χ1) is 11.0. The predicted molar refractivity (Wildman–Crippen MR) is 87.7 cm³/mol. The molecular weight excluding hydrogens is 316 g/mol. The van der Waals surface area contributed by atoms with E-state index in [0.29, 0.717) is 18.1 Å². The maximum Gasteiger partial charge on any atom is 0.323 e. The summed E-state index contributed by atoms with van der Waals surface area (Å²) in [7, 11) is 0. The summed E-state index contributed by atoms with van der Waals surface area (Å²) in [6, 6.07) is 8.67. The van der Waals surface area contributed by atoms with Crippen molar-refractivity contribution >= 4 is 29.5 Å². The van der Waals surface area contributed by atoms with Crippen LogP contribution in [0.1, 0.15) is 18.9 Å². The number of carboxylic acid groups (broad SMARTS) is 1. The minimum absolute atomic E-state index is 0.0802. The molecule has 0 bridgehead atoms. The fourth-order valence-corrected chi connectivity index (χ4v) is 3.66. The molecule has 1 aliphatic heterocycles. The number of carbonyl (C=O) groups excluding carboxylic acids is 2. The van der Waals surface area contributed by atoms with Crippen LogP contribution in [0, 0.1) is 0 Å². The number of benzene rings is 1. The summed E-state index contributed by atoms with van der Waals surface area (Å²) in [5.74, 6) is -0.454. The van der Waals surface area contributed by atoms with Crippen LogP contribution in [-0.2, 0) is 20.9 Å². The predicted octanol–water partition coefficient (Wildman–Crippen LogP) is 1.41. The Morgan fingerprint density at radius 3 is 2.61 bits per heavy atom. The zero-order chi connectivity index (χ0) is 16.8. The smallest absolute Gasteiger partial charge is 0.323 e. The zero-order valence-electron chi connectivity index (χ0n) is 13.0. The standard InChI is InChI=1S/C16H20N2O4S/c1-2-14(19)18-11-23-10-13(18)16(22)17(9-15(20)21)8-12-6-4-3-5-7-12/h3-7,13H,2,8-11H2,1H3,(H,20,21). The SMILES string of the molecule is CCC(=O)N1CSCC1C(=O)N(CC(=O)O)Cc1ccccc1. The Balaban J connectivity index is 2.15. The number of rotatable bonds is 6. The van der Waals surface area contributed by atoms with E-state index in [4.69, 9.17) is 5.11 Å². The summed E-state index contributed by atoms with van der Waals surface area (Å²) < 4.78 is 0. The van der Waals surface area contributed by atoms with Gasteiger partial charge in [-0.2, -0.15) is 0 Å². The largest absolute Gasteiger partial charge is 0.480 e. The van der Waals surface area contributed by atoms with Crippen LogP contribution in [0.2, 0.25) is 0 Å². The molecule has 124 valence electrons. The molecule has 7 heteroatoms. The number of amides is 2. The normalized spacial score (nSPS) is 17.1. The molecule has 1 aromatic carbocycles. The van der Waals surface area contributed by atoms with Gasteiger partial charge < -0.3 is 14.9 Å². The molecule has 0 spiro atoms. The number of carboxylic acids is 1. The van der Waals surface area contributed by atoms with Crippen LogP contribution in [0.4, 0.5) is 0 Å². The van der Waals surface area contributed by atoms with Gasteiger partial charge in [0.25, 0.3) is 0 Å². The highest BCUT2D eigenvalue weighted by atomic mass is 32.2. The van der Waals surface area contributed by atoms with Gasteiger partial charge in [-0.25, -0.2) is 0 Å². The number of hydrogen-bond donors (Lipinski definition) is 1. The Morgan fingerprint density at radius 1 is 1.30 bits per heavy atom. The summed E-state index contributed by atoms with van der Waals surface area (Å²) in [4.78, 5) is 38.7. The summed E-state index contributed by atoms with van der Waals surface area (Å²) >= 11 is 1.52. The summed E-state index contributed by atoms with van der Waals surface area (Å²) in [5, 5.41) is 9.10. The van der Waals surface area contributed by atoms with E-state index in [1.54, 1.807) is 11.8 Å². The molecule has 1 aliphatic rings. The first kappa shape index (κ1) is 17.3. The van der Waals surface area contributed by atoms with Crippen molar-refractivity contribution in [3.63, 3.8) is 0 Å². The van der Waals surface area contributed by atoms with Gasteiger partial charge in [-0.1, -0.05) is 37.3 Å². The van der Waals surface area contributed by atoms with E-state index in [-0.39, 0.29) is 24.9 Å². The molecule has 23 heavy (non-hydrogen) atoms. The van der Waals surface area contributed by atoms with E-state index in [2.05, 4.69) is 0 Å². The first-order valence-corrected chi connectivity index (χ1v) is 8.60. The van der Waals surface area contributed by atoms with Gasteiger partial charge in [-0.15, -0.1) is 11.8 Å². The Kier molecular flexibility index (Phi) is 6.04. The quantitative estimate of drug-likeness (QED) is 0.850. The fraction of sp³-hybridized carbons (Fsp3) is 0.438. The van der Waals surface area contributed by atoms with E-state index in [0.717, 1.165) is 5.56 Å². The van der Waals surface area contributed by atoms with Crippen molar-refractivity contribution < 1.29 is 19.5 Å². The van der Waals surface area contributed by atoms with Gasteiger partial charge in [-0.3, -0.25) is 14.4 Å². The number of carbonyl (C=O) groups is 3. The molecule has 1 aromatic rings. The molecular formula is C16H20N2O4S. The third-order valence-electron chi connectivity index (χ3n) is 3.64. The van der Waals surface area contributed by atoms with E-state index in [9.17, 15) is 14.4 Å². The van der Waals surface area contributed by atoms with Crippen LogP contribution in [-0.4, -0.2) is 56.9 Å². The first-order valence-electron chi connectivity index (χ1n) is 7.44. The Bertz CT molecular complexity index is 579. The van der Waals surface area contributed by atoms with Crippen LogP contribution in [0.3, 0.4) is 0 Å². The zero-order valence-corrected chi connectivity index (χ0v) is 13.8. The van der Waals surface area contributed by atoms with Gasteiger partial charge in [0.05, 0.1) is 5.88 Å². The molecule has 6 nitrogen and oxygen atoms in total. The minimum Gasteiger partial charge on any atom is -0.480 e. The van der Waals surface area contributed by atoms with Gasteiger partial charge in [0.1, 0.15) is 12.6 Å². The molecule has 2 rings (SSSR count). The average Bonchev–Trinajstić information content (AvgIpc) is 3.03. The molecule has 1 fully saturated rings. The average molecular weight is 336 g/mol. The molecule has 1 heterocycles. The summed E-state index contributed by atoms with van der Waals surface area (Å²) in [6.07, 6.45) is 0.335. The lowest BCUT2D eigenvalue weighted by Crippen LogP contribution is -2.49. The van der Waals surface area contributed by atoms with Crippen molar-refractivity contribution in [3.8, 4) is 0 Å². The Hall–Kier alpha value is -2.02. The summed E-state index contributed by atoms with van der Waals surface area (Å²) in [6.45, 7) is 1.61. The molecule has 1 N–H and O–H groups in total. The molecule has 0 radical (unpaired) electrons. The third-order valence-corrected chi connectivity index (χ3v) is 4.66. The van der Waals surface area contributed by atoms with Crippen LogP contribution in [0.5, 0.6) is 0 Å². The Morgan fingerprint density at radius 2 is 2.00 bits per heavy atom. The van der Waals surface area contributed by atoms with Crippen molar-refractivity contribution in [2.24, 2.45) is 0 Å². The van der Waals surface area contributed by atoms with Crippen LogP contribution >= 0.6 is 11.8 Å². The number of thioether (sulfide) groups is 1. The van der Waals surface area contributed by atoms with Crippen molar-refractivity contribution in [1.29, 1.82) is 0 Å². The molecule has 1 saturated heterocycles. The van der Waals surface area contributed by atoms with Gasteiger partial charge >= 0.3 is 5.97 Å². The number of aliphatic carboxylic acids is 1. The number of hydrogen-bond acceptors (Lipinski definition) is 4. The van der Waals surface area contributed by atoms with Crippen molar-refractivity contribution in [3.05, 3.63) is 35.9 Å². The second kappa shape index (κ2) is 8.01. The molecule has 1 atom stereocenters. The lowest BCUT2D eigenvalue weighted by atomic mass is 10.1. The van der Waals surface area contributed by atoms with E-state index in [1.165, 1.54) is 16.7 Å². The lowest BCUT2D eigenvalue weighted by Gasteiger charge is -2.28. The van der Waals surface area contributed by atoms with Gasteiger partial charge in [-0.05, 0) is 5.56 Å². The highest BCUT2D eigenvalue weighted by Crippen LogP contribution is 2.24. The highest BCUT2D eigenvalue weighted by molar-refractivity contribution is 7.99. The van der Waals surface area contributed by atoms with Crippen molar-refractivity contribution in [1.82, 2.24) is 9.80 Å². The summed E-state index contributed by atoms with van der Waals surface area (Å²) in [5.41, 5.74) is 0.862.